The first kappa shape index (κ1) is 18.1. The number of halogens is 1. The van der Waals surface area contributed by atoms with Crippen LogP contribution in [-0.2, 0) is 6.54 Å². The maximum atomic E-state index is 13.2. The molecule has 0 unspecified atom stereocenters. The molecule has 2 amide bonds. The van der Waals surface area contributed by atoms with E-state index in [4.69, 9.17) is 0 Å². The molecular formula is C18H23FN6O. The zero-order valence-electron chi connectivity index (χ0n) is 15.0. The standard InChI is InChI=1S/C18H23FN6O/c1-13-3-4-15(19)22-17(13)23-18(26)21-12-14-5-6-20-16(11-14)25-9-7-24(2)8-10-25/h3-6,11H,7-10,12H2,1-2H3,(H2,21,22,23,26). The molecule has 2 aromatic heterocycles. The number of carbonyl (C=O) groups excluding carboxylic acids is 1. The van der Waals surface area contributed by atoms with Gasteiger partial charge in [-0.3, -0.25) is 5.32 Å². The third-order valence-electron chi connectivity index (χ3n) is 4.39. The maximum Gasteiger partial charge on any atom is 0.320 e. The van der Waals surface area contributed by atoms with Crippen LogP contribution < -0.4 is 15.5 Å². The van der Waals surface area contributed by atoms with Crippen molar-refractivity contribution in [3.8, 4) is 0 Å². The highest BCUT2D eigenvalue weighted by molar-refractivity contribution is 5.88. The fraction of sp³-hybridized carbons (Fsp3) is 0.389. The molecule has 0 spiro atoms. The van der Waals surface area contributed by atoms with Gasteiger partial charge in [-0.1, -0.05) is 6.07 Å². The van der Waals surface area contributed by atoms with Crippen LogP contribution >= 0.6 is 0 Å². The molecule has 0 atom stereocenters. The Morgan fingerprint density at radius 1 is 1.23 bits per heavy atom. The summed E-state index contributed by atoms with van der Waals surface area (Å²) in [6, 6.07) is 6.26. The highest BCUT2D eigenvalue weighted by atomic mass is 19.1. The van der Waals surface area contributed by atoms with E-state index in [0.717, 1.165) is 37.6 Å². The number of urea groups is 1. The van der Waals surface area contributed by atoms with Gasteiger partial charge in [0.1, 0.15) is 11.6 Å². The molecule has 0 radical (unpaired) electrons. The lowest BCUT2D eigenvalue weighted by Gasteiger charge is -2.33. The second kappa shape index (κ2) is 8.09. The van der Waals surface area contributed by atoms with Crippen LogP contribution in [-0.4, -0.2) is 54.1 Å². The van der Waals surface area contributed by atoms with Gasteiger partial charge in [0.15, 0.2) is 0 Å². The molecule has 0 saturated carbocycles. The van der Waals surface area contributed by atoms with Crippen LogP contribution in [0.2, 0.25) is 0 Å². The Hall–Kier alpha value is -2.74. The molecule has 2 aromatic rings. The van der Waals surface area contributed by atoms with Crippen LogP contribution in [0.4, 0.5) is 20.8 Å². The number of aryl methyl sites for hydroxylation is 1. The fourth-order valence-electron chi connectivity index (χ4n) is 2.74. The number of likely N-dealkylation sites (N-methyl/N-ethyl adjacent to an activating group) is 1. The van der Waals surface area contributed by atoms with Crippen molar-refractivity contribution < 1.29 is 9.18 Å². The maximum absolute atomic E-state index is 13.2. The molecule has 1 fully saturated rings. The number of rotatable bonds is 4. The summed E-state index contributed by atoms with van der Waals surface area (Å²) < 4.78 is 13.2. The van der Waals surface area contributed by atoms with Crippen LogP contribution in [0.3, 0.4) is 0 Å². The van der Waals surface area contributed by atoms with Crippen molar-refractivity contribution in [2.24, 2.45) is 0 Å². The van der Waals surface area contributed by atoms with E-state index >= 15 is 0 Å². The highest BCUT2D eigenvalue weighted by Gasteiger charge is 2.15. The van der Waals surface area contributed by atoms with Gasteiger partial charge in [-0.15, -0.1) is 0 Å². The number of carbonyl (C=O) groups is 1. The number of nitrogens with one attached hydrogen (secondary N) is 2. The van der Waals surface area contributed by atoms with Crippen molar-refractivity contribution in [1.29, 1.82) is 0 Å². The molecule has 0 aromatic carbocycles. The third kappa shape index (κ3) is 4.66. The van der Waals surface area contributed by atoms with E-state index < -0.39 is 12.0 Å². The van der Waals surface area contributed by atoms with Crippen molar-refractivity contribution in [3.63, 3.8) is 0 Å². The highest BCUT2D eigenvalue weighted by Crippen LogP contribution is 2.15. The summed E-state index contributed by atoms with van der Waals surface area (Å²) in [6.45, 7) is 5.99. The minimum atomic E-state index is -0.628. The van der Waals surface area contributed by atoms with E-state index in [-0.39, 0.29) is 5.82 Å². The molecule has 3 heterocycles. The predicted molar refractivity (Wildman–Crippen MR) is 98.7 cm³/mol. The van der Waals surface area contributed by atoms with Crippen molar-refractivity contribution in [2.75, 3.05) is 43.4 Å². The van der Waals surface area contributed by atoms with Crippen LogP contribution in [0, 0.1) is 12.9 Å². The van der Waals surface area contributed by atoms with Gasteiger partial charge in [-0.2, -0.15) is 4.39 Å². The molecule has 2 N–H and O–H groups in total. The lowest BCUT2D eigenvalue weighted by Crippen LogP contribution is -2.44. The second-order valence-corrected chi connectivity index (χ2v) is 6.42. The van der Waals surface area contributed by atoms with Crippen LogP contribution in [0.25, 0.3) is 0 Å². The number of pyridine rings is 2. The molecular weight excluding hydrogens is 335 g/mol. The molecule has 3 rings (SSSR count). The van der Waals surface area contributed by atoms with E-state index in [9.17, 15) is 9.18 Å². The molecule has 138 valence electrons. The molecule has 1 aliphatic rings. The Balaban J connectivity index is 1.56. The van der Waals surface area contributed by atoms with E-state index in [1.807, 2.05) is 12.1 Å². The lowest BCUT2D eigenvalue weighted by atomic mass is 10.2. The summed E-state index contributed by atoms with van der Waals surface area (Å²) in [5, 5.41) is 5.34. The van der Waals surface area contributed by atoms with Crippen molar-refractivity contribution >= 4 is 17.7 Å². The van der Waals surface area contributed by atoms with Crippen LogP contribution in [0.15, 0.2) is 30.5 Å². The number of amides is 2. The molecule has 8 heteroatoms. The smallest absolute Gasteiger partial charge is 0.320 e. The van der Waals surface area contributed by atoms with Gasteiger partial charge in [-0.05, 0) is 43.3 Å². The predicted octanol–water partition coefficient (Wildman–Crippen LogP) is 2.00. The van der Waals surface area contributed by atoms with Gasteiger partial charge in [0.05, 0.1) is 0 Å². The van der Waals surface area contributed by atoms with Crippen molar-refractivity contribution in [1.82, 2.24) is 20.2 Å². The number of aromatic nitrogens is 2. The lowest BCUT2D eigenvalue weighted by molar-refractivity contribution is 0.251. The normalized spacial score (nSPS) is 15.0. The first-order valence-electron chi connectivity index (χ1n) is 8.58. The van der Waals surface area contributed by atoms with Crippen molar-refractivity contribution in [2.45, 2.75) is 13.5 Å². The molecule has 26 heavy (non-hydrogen) atoms. The minimum absolute atomic E-state index is 0.218. The number of nitrogens with zero attached hydrogens (tertiary/aromatic N) is 4. The van der Waals surface area contributed by atoms with Gasteiger partial charge in [0, 0.05) is 38.9 Å². The number of anilines is 2. The SMILES string of the molecule is Cc1ccc(F)nc1NC(=O)NCc1ccnc(N2CCN(C)CC2)c1. The molecule has 0 aliphatic carbocycles. The topological polar surface area (TPSA) is 73.4 Å². The van der Waals surface area contributed by atoms with Crippen LogP contribution in [0.5, 0.6) is 0 Å². The van der Waals surface area contributed by atoms with E-state index in [0.29, 0.717) is 12.1 Å². The molecule has 0 bridgehead atoms. The zero-order chi connectivity index (χ0) is 18.5. The van der Waals surface area contributed by atoms with E-state index in [1.54, 1.807) is 19.2 Å². The summed E-state index contributed by atoms with van der Waals surface area (Å²) in [5.74, 6) is 0.507. The summed E-state index contributed by atoms with van der Waals surface area (Å²) in [5.41, 5.74) is 1.65. The Morgan fingerprint density at radius 2 is 2.00 bits per heavy atom. The Morgan fingerprint density at radius 3 is 2.77 bits per heavy atom. The van der Waals surface area contributed by atoms with Gasteiger partial charge in [0.2, 0.25) is 5.95 Å². The summed E-state index contributed by atoms with van der Waals surface area (Å²) in [6.07, 6.45) is 1.75. The van der Waals surface area contributed by atoms with Crippen molar-refractivity contribution in [3.05, 3.63) is 47.5 Å². The average Bonchev–Trinajstić information content (AvgIpc) is 2.64. The Bertz CT molecular complexity index is 776. The van der Waals surface area contributed by atoms with Gasteiger partial charge >= 0.3 is 6.03 Å². The van der Waals surface area contributed by atoms with Gasteiger partial charge < -0.3 is 15.1 Å². The van der Waals surface area contributed by atoms with Gasteiger partial charge in [0.25, 0.3) is 0 Å². The van der Waals surface area contributed by atoms with Gasteiger partial charge in [-0.25, -0.2) is 14.8 Å². The zero-order valence-corrected chi connectivity index (χ0v) is 15.0. The van der Waals surface area contributed by atoms with E-state index in [2.05, 4.69) is 37.4 Å². The Kier molecular flexibility index (Phi) is 5.62. The first-order chi connectivity index (χ1) is 12.5. The molecule has 7 nitrogen and oxygen atoms in total. The average molecular weight is 358 g/mol. The molecule has 1 aliphatic heterocycles. The minimum Gasteiger partial charge on any atom is -0.354 e. The van der Waals surface area contributed by atoms with E-state index in [1.165, 1.54) is 6.07 Å². The first-order valence-corrected chi connectivity index (χ1v) is 8.58. The number of hydrogen-bond acceptors (Lipinski definition) is 5. The largest absolute Gasteiger partial charge is 0.354 e. The second-order valence-electron chi connectivity index (χ2n) is 6.42. The monoisotopic (exact) mass is 358 g/mol. The third-order valence-corrected chi connectivity index (χ3v) is 4.39. The summed E-state index contributed by atoms with van der Waals surface area (Å²) in [4.78, 5) is 24.7. The number of piperazine rings is 1. The van der Waals surface area contributed by atoms with Crippen LogP contribution in [0.1, 0.15) is 11.1 Å². The fourth-order valence-corrected chi connectivity index (χ4v) is 2.74. The number of hydrogen-bond donors (Lipinski definition) is 2. The summed E-state index contributed by atoms with van der Waals surface area (Å²) in [7, 11) is 2.11. The Labute approximate surface area is 152 Å². The quantitative estimate of drug-likeness (QED) is 0.818. The summed E-state index contributed by atoms with van der Waals surface area (Å²) >= 11 is 0. The molecule has 1 saturated heterocycles.